The molecule has 3 rings (SSSR count). The van der Waals surface area contributed by atoms with E-state index in [4.69, 9.17) is 0 Å². The Kier molecular flexibility index (Phi) is 3.12. The molecule has 0 saturated heterocycles. The predicted molar refractivity (Wildman–Crippen MR) is 75.5 cm³/mol. The fraction of sp³-hybridized carbons (Fsp3) is 0.385. The minimum atomic E-state index is -0.414. The van der Waals surface area contributed by atoms with Crippen LogP contribution in [-0.2, 0) is 23.0 Å². The van der Waals surface area contributed by atoms with Gasteiger partial charge in [-0.3, -0.25) is 9.59 Å². The summed E-state index contributed by atoms with van der Waals surface area (Å²) in [5.74, 6) is -0.541. The number of carbonyl (C=O) groups excluding carboxylic acids is 2. The lowest BCUT2D eigenvalue weighted by Crippen LogP contribution is -2.06. The van der Waals surface area contributed by atoms with E-state index in [1.165, 1.54) is 18.5 Å². The Balaban J connectivity index is 2.32. The van der Waals surface area contributed by atoms with Gasteiger partial charge in [-0.1, -0.05) is 0 Å². The quantitative estimate of drug-likeness (QED) is 0.504. The van der Waals surface area contributed by atoms with Crippen molar-refractivity contribution in [2.24, 2.45) is 7.05 Å². The summed E-state index contributed by atoms with van der Waals surface area (Å²) in [6, 6.07) is 0. The second-order valence-corrected chi connectivity index (χ2v) is 4.95. The van der Waals surface area contributed by atoms with E-state index in [0.717, 1.165) is 0 Å². The molecule has 3 heterocycles. The van der Waals surface area contributed by atoms with Crippen molar-refractivity contribution in [3.8, 4) is 0 Å². The van der Waals surface area contributed by atoms with Gasteiger partial charge in [0.2, 0.25) is 0 Å². The number of methoxy groups -OCH3 is 1. The second-order valence-electron chi connectivity index (χ2n) is 4.95. The monoisotopic (exact) mass is 302 g/mol. The number of nitrogens with zero attached hydrogens (tertiary/aromatic N) is 6. The SMILES string of the molecule is COC(=O)Cc1nn(C)c2c1nnc1c(C(C)=O)c(C)nn12. The summed E-state index contributed by atoms with van der Waals surface area (Å²) in [7, 11) is 3.03. The summed E-state index contributed by atoms with van der Waals surface area (Å²) in [6.07, 6.45) is -0.00611. The van der Waals surface area contributed by atoms with Gasteiger partial charge < -0.3 is 4.74 Å². The van der Waals surface area contributed by atoms with Gasteiger partial charge in [0.05, 0.1) is 24.8 Å². The fourth-order valence-corrected chi connectivity index (χ4v) is 2.49. The highest BCUT2D eigenvalue weighted by Gasteiger charge is 2.22. The predicted octanol–water partition coefficient (Wildman–Crippen LogP) is 0.238. The van der Waals surface area contributed by atoms with Crippen LogP contribution in [0.4, 0.5) is 0 Å². The molecular weight excluding hydrogens is 288 g/mol. The van der Waals surface area contributed by atoms with Gasteiger partial charge in [-0.15, -0.1) is 10.2 Å². The normalized spacial score (nSPS) is 11.3. The van der Waals surface area contributed by atoms with E-state index in [0.29, 0.717) is 33.8 Å². The number of rotatable bonds is 3. The number of ketones is 1. The van der Waals surface area contributed by atoms with Crippen LogP contribution in [-0.4, -0.2) is 48.5 Å². The number of fused-ring (bicyclic) bond motifs is 3. The van der Waals surface area contributed by atoms with Crippen molar-refractivity contribution in [3.63, 3.8) is 0 Å². The molecule has 9 heteroatoms. The largest absolute Gasteiger partial charge is 0.469 e. The first-order chi connectivity index (χ1) is 10.4. The zero-order valence-corrected chi connectivity index (χ0v) is 12.6. The van der Waals surface area contributed by atoms with Gasteiger partial charge >= 0.3 is 5.97 Å². The number of aryl methyl sites for hydroxylation is 2. The van der Waals surface area contributed by atoms with E-state index in [-0.39, 0.29) is 12.2 Å². The highest BCUT2D eigenvalue weighted by atomic mass is 16.5. The van der Waals surface area contributed by atoms with Crippen LogP contribution >= 0.6 is 0 Å². The third-order valence-electron chi connectivity index (χ3n) is 3.44. The molecule has 0 bridgehead atoms. The summed E-state index contributed by atoms with van der Waals surface area (Å²) >= 11 is 0. The standard InChI is InChI=1S/C13H14N6O3/c1-6-10(7(2)20)12-15-14-11-8(5-9(21)22-4)17-18(3)13(11)19(12)16-6/h5H2,1-4H3. The van der Waals surface area contributed by atoms with E-state index in [2.05, 4.69) is 25.1 Å². The number of esters is 1. The van der Waals surface area contributed by atoms with Crippen molar-refractivity contribution in [3.05, 3.63) is 17.0 Å². The third-order valence-corrected chi connectivity index (χ3v) is 3.44. The Morgan fingerprint density at radius 1 is 1.23 bits per heavy atom. The minimum absolute atomic E-state index is 0.00611. The maximum Gasteiger partial charge on any atom is 0.311 e. The van der Waals surface area contributed by atoms with Crippen molar-refractivity contribution in [2.45, 2.75) is 20.3 Å². The number of hydrogen-bond donors (Lipinski definition) is 0. The maximum atomic E-state index is 11.7. The first-order valence-electron chi connectivity index (χ1n) is 6.59. The smallest absolute Gasteiger partial charge is 0.311 e. The van der Waals surface area contributed by atoms with Crippen LogP contribution in [0.5, 0.6) is 0 Å². The molecule has 3 aromatic heterocycles. The van der Waals surface area contributed by atoms with Crippen molar-refractivity contribution < 1.29 is 14.3 Å². The molecule has 0 atom stereocenters. The number of carbonyl (C=O) groups is 2. The molecular formula is C13H14N6O3. The Labute approximate surface area is 124 Å². The zero-order chi connectivity index (χ0) is 16.0. The summed E-state index contributed by atoms with van der Waals surface area (Å²) in [4.78, 5) is 23.2. The molecule has 22 heavy (non-hydrogen) atoms. The molecule has 9 nitrogen and oxygen atoms in total. The van der Waals surface area contributed by atoms with Crippen molar-refractivity contribution in [2.75, 3.05) is 7.11 Å². The molecule has 0 spiro atoms. The van der Waals surface area contributed by atoms with Gasteiger partial charge in [0, 0.05) is 7.05 Å². The first kappa shape index (κ1) is 14.1. The maximum absolute atomic E-state index is 11.7. The molecule has 0 aliphatic rings. The zero-order valence-electron chi connectivity index (χ0n) is 12.6. The van der Waals surface area contributed by atoms with Gasteiger partial charge in [-0.2, -0.15) is 14.7 Å². The van der Waals surface area contributed by atoms with Gasteiger partial charge in [-0.05, 0) is 13.8 Å². The van der Waals surface area contributed by atoms with Gasteiger partial charge in [0.1, 0.15) is 5.69 Å². The Hall–Kier alpha value is -2.84. The topological polar surface area (TPSA) is 104 Å². The Bertz CT molecular complexity index is 923. The second kappa shape index (κ2) is 4.86. The van der Waals surface area contributed by atoms with Crippen LogP contribution < -0.4 is 0 Å². The lowest BCUT2D eigenvalue weighted by atomic mass is 10.2. The number of aromatic nitrogens is 6. The Morgan fingerprint density at radius 2 is 1.95 bits per heavy atom. The highest BCUT2D eigenvalue weighted by Crippen LogP contribution is 2.20. The summed E-state index contributed by atoms with van der Waals surface area (Å²) in [5, 5.41) is 16.8. The summed E-state index contributed by atoms with van der Waals surface area (Å²) in [5.41, 5.74) is 2.87. The summed E-state index contributed by atoms with van der Waals surface area (Å²) in [6.45, 7) is 3.20. The molecule has 0 radical (unpaired) electrons. The van der Waals surface area contributed by atoms with Crippen LogP contribution in [0.15, 0.2) is 0 Å². The molecule has 3 aromatic rings. The molecule has 0 aliphatic carbocycles. The number of Topliss-reactive ketones (excluding diaryl/α,β-unsaturated/α-hetero) is 1. The molecule has 0 aliphatic heterocycles. The lowest BCUT2D eigenvalue weighted by Gasteiger charge is -1.98. The van der Waals surface area contributed by atoms with Crippen LogP contribution in [0.25, 0.3) is 16.8 Å². The first-order valence-corrected chi connectivity index (χ1v) is 6.59. The Morgan fingerprint density at radius 3 is 2.59 bits per heavy atom. The molecule has 114 valence electrons. The lowest BCUT2D eigenvalue weighted by molar-refractivity contribution is -0.139. The summed E-state index contributed by atoms with van der Waals surface area (Å²) < 4.78 is 7.74. The average Bonchev–Trinajstić information content (AvgIpc) is 2.95. The number of hydrogen-bond acceptors (Lipinski definition) is 7. The molecule has 0 unspecified atom stereocenters. The van der Waals surface area contributed by atoms with Crippen molar-refractivity contribution in [1.29, 1.82) is 0 Å². The van der Waals surface area contributed by atoms with Gasteiger partial charge in [0.15, 0.2) is 22.6 Å². The average molecular weight is 302 g/mol. The van der Waals surface area contributed by atoms with E-state index >= 15 is 0 Å². The van der Waals surface area contributed by atoms with Crippen LogP contribution in [0.1, 0.15) is 28.7 Å². The number of ether oxygens (including phenoxy) is 1. The third kappa shape index (κ3) is 1.93. The highest BCUT2D eigenvalue weighted by molar-refractivity contribution is 6.01. The molecule has 0 N–H and O–H groups in total. The molecule has 0 fully saturated rings. The van der Waals surface area contributed by atoms with Gasteiger partial charge in [0.25, 0.3) is 0 Å². The van der Waals surface area contributed by atoms with E-state index < -0.39 is 5.97 Å². The fourth-order valence-electron chi connectivity index (χ4n) is 2.49. The van der Waals surface area contributed by atoms with Gasteiger partial charge in [-0.25, -0.2) is 4.68 Å². The van der Waals surface area contributed by atoms with E-state index in [1.54, 1.807) is 18.7 Å². The van der Waals surface area contributed by atoms with E-state index in [1.807, 2.05) is 0 Å². The van der Waals surface area contributed by atoms with Crippen LogP contribution in [0.3, 0.4) is 0 Å². The molecule has 0 amide bonds. The van der Waals surface area contributed by atoms with Crippen LogP contribution in [0.2, 0.25) is 0 Å². The molecule has 0 aromatic carbocycles. The van der Waals surface area contributed by atoms with Crippen molar-refractivity contribution in [1.82, 2.24) is 29.6 Å². The van der Waals surface area contributed by atoms with Crippen molar-refractivity contribution >= 4 is 28.6 Å². The van der Waals surface area contributed by atoms with E-state index in [9.17, 15) is 9.59 Å². The van der Waals surface area contributed by atoms with Crippen LogP contribution in [0, 0.1) is 6.92 Å². The molecule has 0 saturated carbocycles. The minimum Gasteiger partial charge on any atom is -0.469 e.